The number of nitrogens with two attached hydrogens (primary N) is 1. The number of aromatic nitrogens is 1. The van der Waals surface area contributed by atoms with Crippen LogP contribution >= 0.6 is 0 Å². The normalized spacial score (nSPS) is 16.9. The molecule has 1 aromatic heterocycles. The van der Waals surface area contributed by atoms with Crippen LogP contribution in [0.5, 0.6) is 0 Å². The van der Waals surface area contributed by atoms with Crippen LogP contribution in [0, 0.1) is 6.92 Å². The third-order valence-electron chi connectivity index (χ3n) is 3.91. The topological polar surface area (TPSA) is 59.2 Å². The molecule has 4 heteroatoms. The zero-order valence-corrected chi connectivity index (χ0v) is 11.9. The monoisotopic (exact) mass is 261 g/mol. The highest BCUT2D eigenvalue weighted by molar-refractivity contribution is 5.95. The SMILES string of the molecule is Cc1cc(C(=O)N(C)C2CCCCCC2)cc(N)n1. The predicted octanol–water partition coefficient (Wildman–Crippen LogP) is 2.77. The minimum atomic E-state index is 0.0594. The largest absolute Gasteiger partial charge is 0.384 e. The van der Waals surface area contributed by atoms with E-state index in [-0.39, 0.29) is 5.91 Å². The van der Waals surface area contributed by atoms with Crippen LogP contribution < -0.4 is 5.73 Å². The lowest BCUT2D eigenvalue weighted by Crippen LogP contribution is -2.36. The number of nitrogen functional groups attached to an aromatic ring is 1. The molecule has 1 aliphatic rings. The molecule has 0 spiro atoms. The number of aryl methyl sites for hydroxylation is 1. The highest BCUT2D eigenvalue weighted by atomic mass is 16.2. The molecule has 1 saturated carbocycles. The molecule has 1 fully saturated rings. The predicted molar refractivity (Wildman–Crippen MR) is 77.0 cm³/mol. The number of hydrogen-bond acceptors (Lipinski definition) is 3. The van der Waals surface area contributed by atoms with Gasteiger partial charge in [-0.15, -0.1) is 0 Å². The van der Waals surface area contributed by atoms with Gasteiger partial charge in [0.15, 0.2) is 0 Å². The van der Waals surface area contributed by atoms with Crippen molar-refractivity contribution in [2.24, 2.45) is 0 Å². The van der Waals surface area contributed by atoms with Crippen LogP contribution in [0.3, 0.4) is 0 Å². The fraction of sp³-hybridized carbons (Fsp3) is 0.600. The summed E-state index contributed by atoms with van der Waals surface area (Å²) in [5.41, 5.74) is 7.16. The molecule has 0 bridgehead atoms. The van der Waals surface area contributed by atoms with Gasteiger partial charge in [-0.05, 0) is 31.9 Å². The van der Waals surface area contributed by atoms with Crippen LogP contribution in [0.15, 0.2) is 12.1 Å². The maximum absolute atomic E-state index is 12.5. The summed E-state index contributed by atoms with van der Waals surface area (Å²) in [5.74, 6) is 0.474. The fourth-order valence-electron chi connectivity index (χ4n) is 2.83. The fourth-order valence-corrected chi connectivity index (χ4v) is 2.83. The lowest BCUT2D eigenvalue weighted by molar-refractivity contribution is 0.0717. The van der Waals surface area contributed by atoms with E-state index in [1.807, 2.05) is 24.9 Å². The molecule has 19 heavy (non-hydrogen) atoms. The molecule has 2 N–H and O–H groups in total. The summed E-state index contributed by atoms with van der Waals surface area (Å²) >= 11 is 0. The second-order valence-electron chi connectivity index (χ2n) is 5.48. The molecule has 0 radical (unpaired) electrons. The molecule has 1 aromatic rings. The number of pyridine rings is 1. The summed E-state index contributed by atoms with van der Waals surface area (Å²) in [6.45, 7) is 1.86. The third-order valence-corrected chi connectivity index (χ3v) is 3.91. The van der Waals surface area contributed by atoms with Crippen LogP contribution in [0.4, 0.5) is 5.82 Å². The molecule has 1 heterocycles. The third kappa shape index (κ3) is 3.46. The van der Waals surface area contributed by atoms with Gasteiger partial charge in [0, 0.05) is 24.3 Å². The molecular weight excluding hydrogens is 238 g/mol. The summed E-state index contributed by atoms with van der Waals surface area (Å²) < 4.78 is 0. The number of nitrogens with zero attached hydrogens (tertiary/aromatic N) is 2. The van der Waals surface area contributed by atoms with Crippen molar-refractivity contribution in [2.75, 3.05) is 12.8 Å². The van der Waals surface area contributed by atoms with E-state index < -0.39 is 0 Å². The summed E-state index contributed by atoms with van der Waals surface area (Å²) in [6, 6.07) is 3.85. The highest BCUT2D eigenvalue weighted by Gasteiger charge is 2.22. The molecule has 0 saturated heterocycles. The van der Waals surface area contributed by atoms with Gasteiger partial charge in [0.1, 0.15) is 5.82 Å². The van der Waals surface area contributed by atoms with Crippen molar-refractivity contribution in [2.45, 2.75) is 51.5 Å². The van der Waals surface area contributed by atoms with E-state index in [0.717, 1.165) is 18.5 Å². The second-order valence-corrected chi connectivity index (χ2v) is 5.48. The Balaban J connectivity index is 2.13. The minimum Gasteiger partial charge on any atom is -0.384 e. The number of carbonyl (C=O) groups excluding carboxylic acids is 1. The smallest absolute Gasteiger partial charge is 0.254 e. The Morgan fingerprint density at radius 3 is 2.47 bits per heavy atom. The molecule has 104 valence electrons. The van der Waals surface area contributed by atoms with Gasteiger partial charge in [-0.25, -0.2) is 4.98 Å². The lowest BCUT2D eigenvalue weighted by Gasteiger charge is -2.27. The van der Waals surface area contributed by atoms with Crippen molar-refractivity contribution in [3.8, 4) is 0 Å². The van der Waals surface area contributed by atoms with Crippen LogP contribution in [0.1, 0.15) is 54.6 Å². The van der Waals surface area contributed by atoms with E-state index in [4.69, 9.17) is 5.73 Å². The second kappa shape index (κ2) is 6.04. The number of amides is 1. The summed E-state index contributed by atoms with van der Waals surface area (Å²) in [7, 11) is 1.91. The maximum atomic E-state index is 12.5. The minimum absolute atomic E-state index is 0.0594. The Morgan fingerprint density at radius 2 is 1.89 bits per heavy atom. The zero-order valence-electron chi connectivity index (χ0n) is 11.9. The van der Waals surface area contributed by atoms with E-state index in [2.05, 4.69) is 4.98 Å². The average Bonchev–Trinajstić information content (AvgIpc) is 2.64. The van der Waals surface area contributed by atoms with Crippen LogP contribution in [0.25, 0.3) is 0 Å². The molecule has 0 atom stereocenters. The molecular formula is C15H23N3O. The van der Waals surface area contributed by atoms with Crippen molar-refractivity contribution in [1.29, 1.82) is 0 Å². The quantitative estimate of drug-likeness (QED) is 0.833. The van der Waals surface area contributed by atoms with E-state index in [1.165, 1.54) is 25.7 Å². The summed E-state index contributed by atoms with van der Waals surface area (Å²) in [6.07, 6.45) is 7.25. The van der Waals surface area contributed by atoms with Gasteiger partial charge >= 0.3 is 0 Å². The van der Waals surface area contributed by atoms with Crippen molar-refractivity contribution in [3.05, 3.63) is 23.4 Å². The van der Waals surface area contributed by atoms with Crippen molar-refractivity contribution < 1.29 is 4.79 Å². The van der Waals surface area contributed by atoms with Gasteiger partial charge in [-0.2, -0.15) is 0 Å². The Kier molecular flexibility index (Phi) is 4.40. The van der Waals surface area contributed by atoms with E-state index in [9.17, 15) is 4.79 Å². The standard InChI is InChI=1S/C15H23N3O/c1-11-9-12(10-14(16)17-11)15(19)18(2)13-7-5-3-4-6-8-13/h9-10,13H,3-8H2,1-2H3,(H2,16,17). The number of anilines is 1. The highest BCUT2D eigenvalue weighted by Crippen LogP contribution is 2.22. The van der Waals surface area contributed by atoms with Crippen molar-refractivity contribution >= 4 is 11.7 Å². The molecule has 1 aliphatic carbocycles. The Bertz CT molecular complexity index is 430. The first-order valence-corrected chi connectivity index (χ1v) is 7.09. The Hall–Kier alpha value is -1.58. The number of hydrogen-bond donors (Lipinski definition) is 1. The summed E-state index contributed by atoms with van der Waals surface area (Å²) in [5, 5.41) is 0. The van der Waals surface area contributed by atoms with Crippen LogP contribution in [0.2, 0.25) is 0 Å². The van der Waals surface area contributed by atoms with Gasteiger partial charge in [0.25, 0.3) is 5.91 Å². The van der Waals surface area contributed by atoms with Gasteiger partial charge in [-0.3, -0.25) is 4.79 Å². The molecule has 0 unspecified atom stereocenters. The van der Waals surface area contributed by atoms with E-state index in [0.29, 0.717) is 17.4 Å². The van der Waals surface area contributed by atoms with Gasteiger partial charge in [-0.1, -0.05) is 25.7 Å². The lowest BCUT2D eigenvalue weighted by atomic mass is 10.1. The van der Waals surface area contributed by atoms with Gasteiger partial charge < -0.3 is 10.6 Å². The molecule has 1 amide bonds. The average molecular weight is 261 g/mol. The van der Waals surface area contributed by atoms with Crippen LogP contribution in [-0.4, -0.2) is 28.9 Å². The van der Waals surface area contributed by atoms with Gasteiger partial charge in [0.05, 0.1) is 0 Å². The Labute approximate surface area is 115 Å². The number of rotatable bonds is 2. The van der Waals surface area contributed by atoms with Crippen LogP contribution in [-0.2, 0) is 0 Å². The van der Waals surface area contributed by atoms with E-state index in [1.54, 1.807) is 6.07 Å². The summed E-state index contributed by atoms with van der Waals surface area (Å²) in [4.78, 5) is 18.5. The van der Waals surface area contributed by atoms with Crippen molar-refractivity contribution in [1.82, 2.24) is 9.88 Å². The maximum Gasteiger partial charge on any atom is 0.254 e. The first-order chi connectivity index (χ1) is 9.08. The van der Waals surface area contributed by atoms with Gasteiger partial charge in [0.2, 0.25) is 0 Å². The first-order valence-electron chi connectivity index (χ1n) is 7.09. The Morgan fingerprint density at radius 1 is 1.26 bits per heavy atom. The molecule has 2 rings (SSSR count). The first kappa shape index (κ1) is 13.8. The molecule has 0 aliphatic heterocycles. The number of carbonyl (C=O) groups is 1. The molecule has 0 aromatic carbocycles. The van der Waals surface area contributed by atoms with Crippen molar-refractivity contribution in [3.63, 3.8) is 0 Å². The van der Waals surface area contributed by atoms with E-state index >= 15 is 0 Å². The molecule has 4 nitrogen and oxygen atoms in total. The zero-order chi connectivity index (χ0) is 13.8.